The number of carbonyl (C=O) groups excluding carboxylic acids is 1. The van der Waals surface area contributed by atoms with Gasteiger partial charge in [0.2, 0.25) is 0 Å². The lowest BCUT2D eigenvalue weighted by molar-refractivity contribution is 0.0681. The van der Waals surface area contributed by atoms with E-state index in [1.54, 1.807) is 12.4 Å². The van der Waals surface area contributed by atoms with Crippen molar-refractivity contribution in [1.29, 1.82) is 5.41 Å². The summed E-state index contributed by atoms with van der Waals surface area (Å²) in [5, 5.41) is 19.2. The number of nitrogens with zero attached hydrogens (tertiary/aromatic N) is 2. The molecule has 0 radical (unpaired) electrons. The van der Waals surface area contributed by atoms with Crippen LogP contribution in [0.1, 0.15) is 21.5 Å². The third-order valence-corrected chi connectivity index (χ3v) is 4.00. The van der Waals surface area contributed by atoms with E-state index in [1.807, 2.05) is 30.3 Å². The van der Waals surface area contributed by atoms with Gasteiger partial charge in [0, 0.05) is 50.4 Å². The molecule has 0 fully saturated rings. The highest BCUT2D eigenvalue weighted by molar-refractivity contribution is 5.94. The maximum Gasteiger partial charge on any atom is 0.312 e. The van der Waals surface area contributed by atoms with Crippen LogP contribution in [0.3, 0.4) is 0 Å². The first-order valence-corrected chi connectivity index (χ1v) is 9.08. The van der Waals surface area contributed by atoms with Crippen LogP contribution in [0, 0.1) is 17.3 Å². The van der Waals surface area contributed by atoms with Gasteiger partial charge in [-0.2, -0.15) is 8.78 Å². The highest BCUT2D eigenvalue weighted by atomic mass is 19.3. The van der Waals surface area contributed by atoms with Gasteiger partial charge in [-0.05, 0) is 11.6 Å². The fourth-order valence-electron chi connectivity index (χ4n) is 2.61. The summed E-state index contributed by atoms with van der Waals surface area (Å²) in [6.45, 7) is -2.61. The van der Waals surface area contributed by atoms with Crippen LogP contribution in [0.25, 0.3) is 0 Å². The number of allylic oxidation sites excluding steroid dienone is 1. The quantitative estimate of drug-likeness (QED) is 0.353. The van der Waals surface area contributed by atoms with Crippen LogP contribution in [0.5, 0.6) is 0 Å². The van der Waals surface area contributed by atoms with E-state index in [9.17, 15) is 18.7 Å². The van der Waals surface area contributed by atoms with E-state index in [2.05, 4.69) is 16.8 Å². The van der Waals surface area contributed by atoms with Crippen molar-refractivity contribution in [1.82, 2.24) is 15.2 Å². The standard InChI is InChI=1S/C22H22F2N4O2/c1-28(15-20(29)10-16-5-3-2-4-6-16)21(30)19-9-17(12-26-14-19)7-8-18(11-25)13-27-22(23)24/h2-6,9,11-14,20,22,25,27,29H,10,15H2,1H3/b18-13-,25-11?. The molecule has 30 heavy (non-hydrogen) atoms. The molecule has 0 saturated heterocycles. The molecule has 1 aromatic carbocycles. The fourth-order valence-corrected chi connectivity index (χ4v) is 2.61. The number of nitrogens with one attached hydrogen (secondary N) is 2. The van der Waals surface area contributed by atoms with Gasteiger partial charge in [0.25, 0.3) is 5.91 Å². The first kappa shape index (κ1) is 22.7. The van der Waals surface area contributed by atoms with Crippen molar-refractivity contribution in [2.75, 3.05) is 13.6 Å². The van der Waals surface area contributed by atoms with E-state index < -0.39 is 12.7 Å². The molecule has 156 valence electrons. The SMILES string of the molecule is CN(CC(O)Cc1ccccc1)C(=O)c1cncc(C#C/C(C=N)=C/NC(F)F)c1. The number of aliphatic hydroxyl groups is 1. The minimum Gasteiger partial charge on any atom is -0.391 e. The van der Waals surface area contributed by atoms with Crippen molar-refractivity contribution in [3.8, 4) is 11.8 Å². The first-order valence-electron chi connectivity index (χ1n) is 9.08. The van der Waals surface area contributed by atoms with Gasteiger partial charge in [-0.25, -0.2) is 0 Å². The van der Waals surface area contributed by atoms with Crippen molar-refractivity contribution in [3.05, 3.63) is 77.3 Å². The second kappa shape index (κ2) is 11.4. The summed E-state index contributed by atoms with van der Waals surface area (Å²) < 4.78 is 24.4. The van der Waals surface area contributed by atoms with Gasteiger partial charge in [0.15, 0.2) is 0 Å². The summed E-state index contributed by atoms with van der Waals surface area (Å²) in [5.41, 5.74) is 1.69. The van der Waals surface area contributed by atoms with E-state index in [4.69, 9.17) is 5.41 Å². The van der Waals surface area contributed by atoms with Crippen molar-refractivity contribution >= 4 is 12.1 Å². The van der Waals surface area contributed by atoms with Gasteiger partial charge < -0.3 is 20.7 Å². The van der Waals surface area contributed by atoms with E-state index in [0.29, 0.717) is 12.0 Å². The van der Waals surface area contributed by atoms with Crippen molar-refractivity contribution in [2.45, 2.75) is 19.1 Å². The molecule has 0 aliphatic carbocycles. The van der Waals surface area contributed by atoms with Crippen molar-refractivity contribution in [2.24, 2.45) is 0 Å². The van der Waals surface area contributed by atoms with Crippen LogP contribution in [-0.4, -0.2) is 53.4 Å². The normalized spacial score (nSPS) is 12.0. The van der Waals surface area contributed by atoms with Gasteiger partial charge in [0.1, 0.15) is 0 Å². The monoisotopic (exact) mass is 412 g/mol. The average molecular weight is 412 g/mol. The second-order valence-corrected chi connectivity index (χ2v) is 6.45. The average Bonchev–Trinajstić information content (AvgIpc) is 2.74. The number of pyridine rings is 1. The Morgan fingerprint density at radius 1 is 1.33 bits per heavy atom. The number of halogens is 2. The number of aromatic nitrogens is 1. The first-order chi connectivity index (χ1) is 14.4. The Morgan fingerprint density at radius 2 is 2.07 bits per heavy atom. The van der Waals surface area contributed by atoms with Crippen molar-refractivity contribution < 1.29 is 18.7 Å². The lowest BCUT2D eigenvalue weighted by atomic mass is 10.1. The number of likely N-dealkylation sites (N-methyl/N-ethyl adjacent to an activating group) is 1. The Labute approximate surface area is 173 Å². The van der Waals surface area contributed by atoms with Gasteiger partial charge in [0.05, 0.1) is 17.2 Å². The van der Waals surface area contributed by atoms with Crippen molar-refractivity contribution in [3.63, 3.8) is 0 Å². The van der Waals surface area contributed by atoms with Gasteiger partial charge in [-0.1, -0.05) is 42.2 Å². The molecule has 0 bridgehead atoms. The Kier molecular flexibility index (Phi) is 8.66. The Morgan fingerprint density at radius 3 is 2.73 bits per heavy atom. The van der Waals surface area contributed by atoms with Gasteiger partial charge in [-0.3, -0.25) is 9.78 Å². The van der Waals surface area contributed by atoms with E-state index in [-0.39, 0.29) is 23.6 Å². The molecule has 2 rings (SSSR count). The number of rotatable bonds is 8. The molecular formula is C22H22F2N4O2. The molecular weight excluding hydrogens is 390 g/mol. The number of alkyl halides is 2. The van der Waals surface area contributed by atoms with Crippen LogP contribution in [0.4, 0.5) is 8.78 Å². The number of carbonyl (C=O) groups is 1. The van der Waals surface area contributed by atoms with Crippen LogP contribution in [0.2, 0.25) is 0 Å². The summed E-state index contributed by atoms with van der Waals surface area (Å²) in [4.78, 5) is 18.0. The predicted octanol–water partition coefficient (Wildman–Crippen LogP) is 2.45. The summed E-state index contributed by atoms with van der Waals surface area (Å²) in [5.74, 6) is 4.92. The minimum absolute atomic E-state index is 0.0492. The third kappa shape index (κ3) is 7.45. The Balaban J connectivity index is 2.04. The zero-order valence-corrected chi connectivity index (χ0v) is 16.3. The zero-order chi connectivity index (χ0) is 21.9. The molecule has 6 nitrogen and oxygen atoms in total. The number of hydrogen-bond donors (Lipinski definition) is 3. The fraction of sp³-hybridized carbons (Fsp3) is 0.227. The minimum atomic E-state index is -2.75. The van der Waals surface area contributed by atoms with E-state index in [0.717, 1.165) is 18.0 Å². The van der Waals surface area contributed by atoms with Gasteiger partial charge in [-0.15, -0.1) is 0 Å². The molecule has 2 aromatic rings. The van der Waals surface area contributed by atoms with E-state index >= 15 is 0 Å². The predicted molar refractivity (Wildman–Crippen MR) is 110 cm³/mol. The molecule has 3 N–H and O–H groups in total. The van der Waals surface area contributed by atoms with Gasteiger partial charge >= 0.3 is 6.55 Å². The molecule has 0 aliphatic heterocycles. The molecule has 1 unspecified atom stereocenters. The van der Waals surface area contributed by atoms with Crippen LogP contribution in [-0.2, 0) is 6.42 Å². The highest BCUT2D eigenvalue weighted by Crippen LogP contribution is 2.08. The number of benzene rings is 1. The molecule has 1 heterocycles. The molecule has 1 aromatic heterocycles. The number of amides is 1. The highest BCUT2D eigenvalue weighted by Gasteiger charge is 2.16. The van der Waals surface area contributed by atoms with Crippen LogP contribution in [0.15, 0.2) is 60.6 Å². The van der Waals surface area contributed by atoms with E-state index in [1.165, 1.54) is 23.4 Å². The van der Waals surface area contributed by atoms with Crippen LogP contribution >= 0.6 is 0 Å². The molecule has 1 atom stereocenters. The van der Waals surface area contributed by atoms with Crippen LogP contribution < -0.4 is 5.32 Å². The smallest absolute Gasteiger partial charge is 0.312 e. The third-order valence-electron chi connectivity index (χ3n) is 4.00. The summed E-state index contributed by atoms with van der Waals surface area (Å²) in [7, 11) is 1.58. The summed E-state index contributed by atoms with van der Waals surface area (Å²) >= 11 is 0. The summed E-state index contributed by atoms with van der Waals surface area (Å²) in [6.07, 6.45) is 4.30. The molecule has 0 spiro atoms. The maximum absolute atomic E-state index is 12.6. The number of aliphatic hydroxyl groups excluding tert-OH is 1. The lowest BCUT2D eigenvalue weighted by Gasteiger charge is -2.21. The zero-order valence-electron chi connectivity index (χ0n) is 16.3. The molecule has 0 aliphatic rings. The Hall–Kier alpha value is -3.57. The second-order valence-electron chi connectivity index (χ2n) is 6.45. The largest absolute Gasteiger partial charge is 0.391 e. The molecule has 8 heteroatoms. The maximum atomic E-state index is 12.6. The molecule has 0 saturated carbocycles. The topological polar surface area (TPSA) is 89.3 Å². The Bertz CT molecular complexity index is 952. The number of hydrogen-bond acceptors (Lipinski definition) is 5. The molecule has 1 amide bonds. The summed E-state index contributed by atoms with van der Waals surface area (Å²) in [6, 6.07) is 11.0. The lowest BCUT2D eigenvalue weighted by Crippen LogP contribution is -2.35.